The maximum atomic E-state index is 13.4. The molecular weight excluding hydrogens is 223 g/mol. The lowest BCUT2D eigenvalue weighted by molar-refractivity contribution is 0.0946. The lowest BCUT2D eigenvalue weighted by Gasteiger charge is -2.06. The Morgan fingerprint density at radius 3 is 3.00 bits per heavy atom. The van der Waals surface area contributed by atoms with Crippen molar-refractivity contribution in [2.75, 3.05) is 18.9 Å². The largest absolute Gasteiger partial charge is 0.502 e. The number of hydrogen-bond acceptors (Lipinski definition) is 3. The monoisotopic (exact) mass is 238 g/mol. The van der Waals surface area contributed by atoms with Crippen molar-refractivity contribution in [2.45, 2.75) is 6.42 Å². The van der Waals surface area contributed by atoms with E-state index in [0.717, 1.165) is 6.07 Å². The minimum Gasteiger partial charge on any atom is -0.502 e. The van der Waals surface area contributed by atoms with Crippen molar-refractivity contribution < 1.29 is 13.9 Å². The first-order valence-corrected chi connectivity index (χ1v) is 5.21. The van der Waals surface area contributed by atoms with Crippen LogP contribution >= 0.6 is 0 Å². The molecule has 0 unspecified atom stereocenters. The fraction of sp³-hybridized carbons (Fsp3) is 0.250. The molecule has 1 aromatic rings. The molecule has 0 aromatic heterocycles. The zero-order chi connectivity index (χ0) is 12.7. The Kier molecular flexibility index (Phi) is 5.00. The van der Waals surface area contributed by atoms with Gasteiger partial charge in [0.1, 0.15) is 5.82 Å². The van der Waals surface area contributed by atoms with E-state index in [0.29, 0.717) is 25.3 Å². The van der Waals surface area contributed by atoms with Crippen LogP contribution in [0, 0.1) is 5.82 Å². The van der Waals surface area contributed by atoms with Crippen LogP contribution in [0.4, 0.5) is 10.1 Å². The fourth-order valence-corrected chi connectivity index (χ4v) is 1.25. The zero-order valence-corrected chi connectivity index (χ0v) is 9.41. The van der Waals surface area contributed by atoms with E-state index in [2.05, 4.69) is 11.9 Å². The fourth-order valence-electron chi connectivity index (χ4n) is 1.25. The third-order valence-corrected chi connectivity index (χ3v) is 2.08. The second kappa shape index (κ2) is 6.52. The van der Waals surface area contributed by atoms with Crippen LogP contribution in [-0.4, -0.2) is 19.1 Å². The average molecular weight is 238 g/mol. The van der Waals surface area contributed by atoms with Crippen LogP contribution in [0.5, 0.6) is 0 Å². The first-order valence-electron chi connectivity index (χ1n) is 5.21. The number of nitrogens with one attached hydrogen (secondary N) is 1. The topological polar surface area (TPSA) is 64.3 Å². The van der Waals surface area contributed by atoms with E-state index in [1.165, 1.54) is 18.4 Å². The van der Waals surface area contributed by atoms with Crippen molar-refractivity contribution in [1.29, 1.82) is 0 Å². The third kappa shape index (κ3) is 4.14. The van der Waals surface area contributed by atoms with Gasteiger partial charge >= 0.3 is 0 Å². The van der Waals surface area contributed by atoms with Crippen molar-refractivity contribution in [3.8, 4) is 0 Å². The maximum absolute atomic E-state index is 13.4. The highest BCUT2D eigenvalue weighted by Crippen LogP contribution is 2.11. The van der Waals surface area contributed by atoms with Crippen molar-refractivity contribution >= 4 is 11.6 Å². The van der Waals surface area contributed by atoms with E-state index >= 15 is 0 Å². The van der Waals surface area contributed by atoms with E-state index in [4.69, 9.17) is 10.5 Å². The molecule has 0 heterocycles. The van der Waals surface area contributed by atoms with Crippen molar-refractivity contribution in [1.82, 2.24) is 5.32 Å². The van der Waals surface area contributed by atoms with Gasteiger partial charge in [-0.05, 0) is 24.6 Å². The Balaban J connectivity index is 2.44. The minimum absolute atomic E-state index is 0.0103. The molecule has 3 N–H and O–H groups in total. The molecule has 0 atom stereocenters. The first kappa shape index (κ1) is 13.0. The Bertz CT molecular complexity index is 407. The first-order chi connectivity index (χ1) is 8.15. The van der Waals surface area contributed by atoms with Crippen molar-refractivity contribution in [2.24, 2.45) is 0 Å². The number of nitrogen functional groups attached to an aromatic ring is 1. The molecule has 92 valence electrons. The highest BCUT2D eigenvalue weighted by molar-refractivity contribution is 5.94. The van der Waals surface area contributed by atoms with Gasteiger partial charge in [0.2, 0.25) is 0 Å². The summed E-state index contributed by atoms with van der Waals surface area (Å²) in [4.78, 5) is 11.6. The highest BCUT2D eigenvalue weighted by atomic mass is 19.1. The van der Waals surface area contributed by atoms with Gasteiger partial charge in [0, 0.05) is 12.2 Å². The quantitative estimate of drug-likeness (QED) is 0.450. The summed E-state index contributed by atoms with van der Waals surface area (Å²) in [6, 6.07) is 3.97. The van der Waals surface area contributed by atoms with Crippen LogP contribution in [0.25, 0.3) is 0 Å². The number of carbonyl (C=O) groups excluding carboxylic acids is 1. The van der Waals surface area contributed by atoms with E-state index in [9.17, 15) is 9.18 Å². The van der Waals surface area contributed by atoms with E-state index in [1.807, 2.05) is 0 Å². The number of amides is 1. The molecule has 0 spiro atoms. The second-order valence-electron chi connectivity index (χ2n) is 3.39. The lowest BCUT2D eigenvalue weighted by atomic mass is 10.2. The summed E-state index contributed by atoms with van der Waals surface area (Å²) >= 11 is 0. The van der Waals surface area contributed by atoms with Crippen LogP contribution in [-0.2, 0) is 4.74 Å². The molecule has 0 radical (unpaired) electrons. The van der Waals surface area contributed by atoms with Gasteiger partial charge in [0.05, 0.1) is 18.4 Å². The summed E-state index contributed by atoms with van der Waals surface area (Å²) in [5.74, 6) is -1.08. The van der Waals surface area contributed by atoms with Gasteiger partial charge in [-0.15, -0.1) is 0 Å². The predicted octanol–water partition coefficient (Wildman–Crippen LogP) is 1.69. The molecule has 0 fully saturated rings. The molecule has 0 saturated heterocycles. The van der Waals surface area contributed by atoms with Gasteiger partial charge in [0.25, 0.3) is 5.91 Å². The maximum Gasteiger partial charge on any atom is 0.254 e. The average Bonchev–Trinajstić information content (AvgIpc) is 2.28. The van der Waals surface area contributed by atoms with Crippen LogP contribution in [0.15, 0.2) is 31.0 Å². The number of rotatable bonds is 6. The van der Waals surface area contributed by atoms with Crippen molar-refractivity contribution in [3.63, 3.8) is 0 Å². The van der Waals surface area contributed by atoms with E-state index < -0.39 is 11.7 Å². The second-order valence-corrected chi connectivity index (χ2v) is 3.39. The van der Waals surface area contributed by atoms with Gasteiger partial charge in [-0.3, -0.25) is 4.79 Å². The minimum atomic E-state index is -0.621. The van der Waals surface area contributed by atoms with Gasteiger partial charge in [0.15, 0.2) is 0 Å². The molecule has 17 heavy (non-hydrogen) atoms. The van der Waals surface area contributed by atoms with Crippen LogP contribution in [0.1, 0.15) is 16.8 Å². The van der Waals surface area contributed by atoms with Crippen LogP contribution in [0.2, 0.25) is 0 Å². The highest BCUT2D eigenvalue weighted by Gasteiger charge is 2.10. The number of halogens is 1. The van der Waals surface area contributed by atoms with Crippen molar-refractivity contribution in [3.05, 3.63) is 42.4 Å². The Morgan fingerprint density at radius 1 is 1.59 bits per heavy atom. The molecule has 0 aliphatic carbocycles. The SMILES string of the molecule is C=COCCCNC(=O)c1ccc(N)cc1F. The van der Waals surface area contributed by atoms with Gasteiger partial charge in [-0.2, -0.15) is 0 Å². The summed E-state index contributed by atoms with van der Waals surface area (Å²) in [5, 5.41) is 2.58. The number of carbonyl (C=O) groups is 1. The Labute approximate surface area is 99.3 Å². The number of ether oxygens (including phenoxy) is 1. The zero-order valence-electron chi connectivity index (χ0n) is 9.41. The molecule has 0 aliphatic heterocycles. The molecule has 0 saturated carbocycles. The van der Waals surface area contributed by atoms with E-state index in [-0.39, 0.29) is 5.56 Å². The van der Waals surface area contributed by atoms with Crippen LogP contribution < -0.4 is 11.1 Å². The molecule has 4 nitrogen and oxygen atoms in total. The molecule has 0 bridgehead atoms. The Morgan fingerprint density at radius 2 is 2.35 bits per heavy atom. The van der Waals surface area contributed by atoms with E-state index in [1.54, 1.807) is 0 Å². The summed E-state index contributed by atoms with van der Waals surface area (Å²) in [7, 11) is 0. The van der Waals surface area contributed by atoms with Gasteiger partial charge in [-0.25, -0.2) is 4.39 Å². The Hall–Kier alpha value is -2.04. The summed E-state index contributed by atoms with van der Waals surface area (Å²) in [5.41, 5.74) is 5.66. The van der Waals surface area contributed by atoms with Gasteiger partial charge < -0.3 is 15.8 Å². The third-order valence-electron chi connectivity index (χ3n) is 2.08. The smallest absolute Gasteiger partial charge is 0.254 e. The molecular formula is C12H15FN2O2. The number of hydrogen-bond donors (Lipinski definition) is 2. The molecule has 1 amide bonds. The standard InChI is InChI=1S/C12H15FN2O2/c1-2-17-7-3-6-15-12(16)10-5-4-9(14)8-11(10)13/h2,4-5,8H,1,3,6-7,14H2,(H,15,16). The van der Waals surface area contributed by atoms with Crippen LogP contribution in [0.3, 0.4) is 0 Å². The lowest BCUT2D eigenvalue weighted by Crippen LogP contribution is -2.26. The number of anilines is 1. The molecule has 1 rings (SSSR count). The molecule has 0 aliphatic rings. The molecule has 5 heteroatoms. The summed E-state index contributed by atoms with van der Waals surface area (Å²) in [6.07, 6.45) is 1.97. The summed E-state index contributed by atoms with van der Waals surface area (Å²) < 4.78 is 18.2. The number of benzene rings is 1. The number of nitrogens with two attached hydrogens (primary N) is 1. The van der Waals surface area contributed by atoms with Gasteiger partial charge in [-0.1, -0.05) is 6.58 Å². The molecule has 1 aromatic carbocycles. The summed E-state index contributed by atoms with van der Waals surface area (Å²) in [6.45, 7) is 4.27. The normalized spacial score (nSPS) is 9.71. The predicted molar refractivity (Wildman–Crippen MR) is 63.9 cm³/mol.